The van der Waals surface area contributed by atoms with Crippen molar-refractivity contribution >= 4 is 58.5 Å². The number of benzene rings is 2. The van der Waals surface area contributed by atoms with E-state index in [4.69, 9.17) is 23.8 Å². The first-order chi connectivity index (χ1) is 16.6. The van der Waals surface area contributed by atoms with Gasteiger partial charge < -0.3 is 9.67 Å². The predicted molar refractivity (Wildman–Crippen MR) is 139 cm³/mol. The predicted octanol–water partition coefficient (Wildman–Crippen LogP) is 4.84. The van der Waals surface area contributed by atoms with E-state index in [1.165, 1.54) is 23.1 Å². The molecule has 1 aliphatic rings. The monoisotopic (exact) mass is 507 g/mol. The Hall–Kier alpha value is -3.75. The van der Waals surface area contributed by atoms with Crippen LogP contribution in [0.4, 0.5) is 5.69 Å². The molecule has 1 fully saturated rings. The van der Waals surface area contributed by atoms with Crippen molar-refractivity contribution in [3.63, 3.8) is 0 Å². The molecule has 1 aromatic heterocycles. The molecule has 2 aromatic carbocycles. The van der Waals surface area contributed by atoms with Crippen molar-refractivity contribution in [2.75, 3.05) is 4.90 Å². The van der Waals surface area contributed by atoms with E-state index in [9.17, 15) is 19.5 Å². The highest BCUT2D eigenvalue weighted by atomic mass is 35.5. The number of nitrogens with zero attached hydrogens (tertiary/aromatic N) is 2. The molecule has 0 saturated carbocycles. The van der Waals surface area contributed by atoms with Crippen LogP contribution in [0.5, 0.6) is 0 Å². The number of aromatic carboxylic acids is 1. The SMILES string of the molecule is CCc1ccc(N2C(=O)/C(=C/c3cc(C)n(-c4ccc(Cl)c(C(=O)O)c4)c3C)C(=O)NC2=S)cc1. The summed E-state index contributed by atoms with van der Waals surface area (Å²) in [5.41, 5.74) is 4.37. The number of hydrogen-bond acceptors (Lipinski definition) is 4. The third kappa shape index (κ3) is 4.50. The summed E-state index contributed by atoms with van der Waals surface area (Å²) in [6, 6.07) is 14.0. The summed E-state index contributed by atoms with van der Waals surface area (Å²) in [5.74, 6) is -2.23. The molecule has 2 heterocycles. The number of thiocarbonyl (C=S) groups is 1. The molecule has 2 amide bonds. The smallest absolute Gasteiger partial charge is 0.337 e. The fraction of sp³-hybridized carbons (Fsp3) is 0.154. The minimum Gasteiger partial charge on any atom is -0.478 e. The van der Waals surface area contributed by atoms with Gasteiger partial charge in [0.2, 0.25) is 0 Å². The number of amides is 2. The number of halogens is 1. The summed E-state index contributed by atoms with van der Waals surface area (Å²) in [5, 5.41) is 12.2. The van der Waals surface area contributed by atoms with Crippen LogP contribution in [0.1, 0.15) is 39.8 Å². The summed E-state index contributed by atoms with van der Waals surface area (Å²) in [4.78, 5) is 38.9. The third-order valence-electron chi connectivity index (χ3n) is 5.91. The van der Waals surface area contributed by atoms with Crippen molar-refractivity contribution in [2.45, 2.75) is 27.2 Å². The van der Waals surface area contributed by atoms with Crippen LogP contribution in [0.2, 0.25) is 5.02 Å². The van der Waals surface area contributed by atoms with E-state index in [-0.39, 0.29) is 21.3 Å². The van der Waals surface area contributed by atoms with Gasteiger partial charge in [-0.25, -0.2) is 4.79 Å². The Morgan fingerprint density at radius 3 is 2.37 bits per heavy atom. The fourth-order valence-corrected chi connectivity index (χ4v) is 4.55. The van der Waals surface area contributed by atoms with Gasteiger partial charge in [-0.05, 0) is 86.1 Å². The minimum absolute atomic E-state index is 0.0170. The summed E-state index contributed by atoms with van der Waals surface area (Å²) < 4.78 is 1.84. The van der Waals surface area contributed by atoms with E-state index in [0.29, 0.717) is 16.9 Å². The second kappa shape index (κ2) is 9.48. The van der Waals surface area contributed by atoms with E-state index < -0.39 is 17.8 Å². The summed E-state index contributed by atoms with van der Waals surface area (Å²) in [6.07, 6.45) is 2.39. The van der Waals surface area contributed by atoms with Crippen molar-refractivity contribution in [3.8, 4) is 5.69 Å². The molecule has 0 radical (unpaired) electrons. The number of rotatable bonds is 5. The molecule has 2 N–H and O–H groups in total. The number of carbonyl (C=O) groups excluding carboxylic acids is 2. The highest BCUT2D eigenvalue weighted by molar-refractivity contribution is 7.80. The van der Waals surface area contributed by atoms with Crippen LogP contribution in [-0.4, -0.2) is 32.6 Å². The second-order valence-corrected chi connectivity index (χ2v) is 8.90. The van der Waals surface area contributed by atoms with Gasteiger partial charge in [0.15, 0.2) is 5.11 Å². The number of carbonyl (C=O) groups is 3. The van der Waals surface area contributed by atoms with Crippen molar-refractivity contribution in [3.05, 3.63) is 87.2 Å². The van der Waals surface area contributed by atoms with Gasteiger partial charge >= 0.3 is 5.97 Å². The lowest BCUT2D eigenvalue weighted by molar-refractivity contribution is -0.122. The van der Waals surface area contributed by atoms with Crippen LogP contribution in [0.25, 0.3) is 11.8 Å². The first kappa shape index (κ1) is 24.4. The Kier molecular flexibility index (Phi) is 6.60. The zero-order chi connectivity index (χ0) is 25.4. The summed E-state index contributed by atoms with van der Waals surface area (Å²) in [7, 11) is 0. The van der Waals surface area contributed by atoms with Crippen LogP contribution in [0.15, 0.2) is 54.1 Å². The largest absolute Gasteiger partial charge is 0.478 e. The fourth-order valence-electron chi connectivity index (χ4n) is 4.08. The summed E-state index contributed by atoms with van der Waals surface area (Å²) in [6.45, 7) is 5.71. The quantitative estimate of drug-likeness (QED) is 0.293. The van der Waals surface area contributed by atoms with Gasteiger partial charge in [-0.1, -0.05) is 30.7 Å². The maximum Gasteiger partial charge on any atom is 0.337 e. The first-order valence-corrected chi connectivity index (χ1v) is 11.6. The molecule has 1 aliphatic heterocycles. The number of nitrogens with one attached hydrogen (secondary N) is 1. The number of carboxylic acids is 1. The standard InChI is InChI=1S/C26H22ClN3O4S/c1-4-16-5-7-18(8-6-16)30-24(32)21(23(31)28-26(30)35)12-17-11-14(2)29(15(17)3)19-9-10-22(27)20(13-19)25(33)34/h5-13H,4H2,1-3H3,(H,33,34)(H,28,31,35)/b21-12+. The van der Waals surface area contributed by atoms with E-state index in [1.54, 1.807) is 18.2 Å². The van der Waals surface area contributed by atoms with Crippen molar-refractivity contribution in [1.29, 1.82) is 0 Å². The molecule has 0 atom stereocenters. The van der Waals surface area contributed by atoms with Gasteiger partial charge in [0.25, 0.3) is 11.8 Å². The van der Waals surface area contributed by atoms with Crippen LogP contribution in [0, 0.1) is 13.8 Å². The van der Waals surface area contributed by atoms with Gasteiger partial charge in [0.1, 0.15) is 5.57 Å². The van der Waals surface area contributed by atoms with Crippen molar-refractivity contribution in [1.82, 2.24) is 9.88 Å². The number of hydrogen-bond donors (Lipinski definition) is 2. The maximum absolute atomic E-state index is 13.4. The number of carboxylic acid groups (broad SMARTS) is 1. The molecule has 1 saturated heterocycles. The molecule has 35 heavy (non-hydrogen) atoms. The lowest BCUT2D eigenvalue weighted by Crippen LogP contribution is -2.54. The van der Waals surface area contributed by atoms with Crippen LogP contribution in [0.3, 0.4) is 0 Å². The normalized spacial score (nSPS) is 15.0. The van der Waals surface area contributed by atoms with Gasteiger partial charge in [-0.15, -0.1) is 0 Å². The molecule has 0 bridgehead atoms. The lowest BCUT2D eigenvalue weighted by Gasteiger charge is -2.29. The second-order valence-electron chi connectivity index (χ2n) is 8.11. The summed E-state index contributed by atoms with van der Waals surface area (Å²) >= 11 is 11.3. The number of aromatic nitrogens is 1. The van der Waals surface area contributed by atoms with Gasteiger partial charge in [0, 0.05) is 17.1 Å². The van der Waals surface area contributed by atoms with Crippen LogP contribution >= 0.6 is 23.8 Å². The molecule has 4 rings (SSSR count). The molecular weight excluding hydrogens is 486 g/mol. The zero-order valence-corrected chi connectivity index (χ0v) is 20.8. The van der Waals surface area contributed by atoms with Gasteiger partial charge in [0.05, 0.1) is 16.3 Å². The maximum atomic E-state index is 13.4. The first-order valence-electron chi connectivity index (χ1n) is 10.8. The average molecular weight is 508 g/mol. The zero-order valence-electron chi connectivity index (χ0n) is 19.3. The Balaban J connectivity index is 1.75. The molecule has 9 heteroatoms. The van der Waals surface area contributed by atoms with E-state index >= 15 is 0 Å². The Labute approximate surface area is 212 Å². The molecular formula is C26H22ClN3O4S. The van der Waals surface area contributed by atoms with Crippen LogP contribution < -0.4 is 10.2 Å². The Morgan fingerprint density at radius 2 is 1.74 bits per heavy atom. The van der Waals surface area contributed by atoms with Crippen molar-refractivity contribution < 1.29 is 19.5 Å². The molecule has 3 aromatic rings. The molecule has 178 valence electrons. The minimum atomic E-state index is -1.13. The number of aryl methyl sites for hydroxylation is 2. The van der Waals surface area contributed by atoms with E-state index in [1.807, 2.05) is 43.5 Å². The highest BCUT2D eigenvalue weighted by Crippen LogP contribution is 2.28. The Bertz CT molecular complexity index is 1420. The molecule has 0 aliphatic carbocycles. The molecule has 7 nitrogen and oxygen atoms in total. The van der Waals surface area contributed by atoms with E-state index in [0.717, 1.165) is 23.4 Å². The average Bonchev–Trinajstić information content (AvgIpc) is 3.10. The molecule has 0 spiro atoms. The van der Waals surface area contributed by atoms with Gasteiger partial charge in [-0.3, -0.25) is 19.8 Å². The van der Waals surface area contributed by atoms with Crippen molar-refractivity contribution in [2.24, 2.45) is 0 Å². The van der Waals surface area contributed by atoms with Gasteiger partial charge in [-0.2, -0.15) is 0 Å². The van der Waals surface area contributed by atoms with Crippen LogP contribution in [-0.2, 0) is 16.0 Å². The number of anilines is 1. The third-order valence-corrected chi connectivity index (χ3v) is 6.53. The highest BCUT2D eigenvalue weighted by Gasteiger charge is 2.34. The lowest BCUT2D eigenvalue weighted by atomic mass is 10.1. The Morgan fingerprint density at radius 1 is 1.09 bits per heavy atom. The topological polar surface area (TPSA) is 91.6 Å². The van der Waals surface area contributed by atoms with E-state index in [2.05, 4.69) is 5.32 Å². The molecule has 0 unspecified atom stereocenters.